The Morgan fingerprint density at radius 2 is 1.68 bits per heavy atom. The van der Waals surface area contributed by atoms with Gasteiger partial charge in [0.2, 0.25) is 0 Å². The highest BCUT2D eigenvalue weighted by Crippen LogP contribution is 2.51. The van der Waals surface area contributed by atoms with Gasteiger partial charge in [-0.25, -0.2) is 0 Å². The minimum Gasteiger partial charge on any atom is -0.504 e. The normalized spacial score (nSPS) is 29.0. The molecule has 11 nitrogen and oxygen atoms in total. The molecule has 0 spiro atoms. The summed E-state index contributed by atoms with van der Waals surface area (Å²) in [6, 6.07) is 8.87. The van der Waals surface area contributed by atoms with Crippen molar-refractivity contribution in [1.29, 1.82) is 0 Å². The van der Waals surface area contributed by atoms with Gasteiger partial charge in [-0.15, -0.1) is 0 Å². The molecule has 2 aromatic carbocycles. The molecule has 2 aliphatic heterocycles. The molecule has 7 atom stereocenters. The third-order valence-corrected chi connectivity index (χ3v) is 6.72. The van der Waals surface area contributed by atoms with Crippen LogP contribution in [0.2, 0.25) is 0 Å². The number of phenolic OH excluding ortho intramolecular Hbond substituents is 1. The number of benzene rings is 2. The first kappa shape index (κ1) is 27.4. The lowest BCUT2D eigenvalue weighted by Crippen LogP contribution is -2.59. The Labute approximate surface area is 214 Å². The number of phenols is 1. The lowest BCUT2D eigenvalue weighted by molar-refractivity contribution is -0.301. The first-order chi connectivity index (χ1) is 17.8. The Bertz CT molecular complexity index is 1060. The average molecular weight is 523 g/mol. The molecule has 0 bridgehead atoms. The number of hydrogen-bond acceptors (Lipinski definition) is 11. The van der Waals surface area contributed by atoms with Crippen LogP contribution in [0.4, 0.5) is 0 Å². The van der Waals surface area contributed by atoms with Crippen LogP contribution in [0.15, 0.2) is 30.3 Å². The fraction of sp³-hybridized carbons (Fsp3) is 0.538. The highest BCUT2D eigenvalue weighted by molar-refractivity contribution is 5.55. The lowest BCUT2D eigenvalue weighted by Gasteiger charge is -2.39. The minimum absolute atomic E-state index is 0.0292. The first-order valence-corrected chi connectivity index (χ1v) is 12.0. The van der Waals surface area contributed by atoms with Gasteiger partial charge in [-0.05, 0) is 48.2 Å². The van der Waals surface area contributed by atoms with Crippen molar-refractivity contribution in [3.8, 4) is 23.0 Å². The molecule has 2 heterocycles. The number of aliphatic hydroxyl groups is 4. The summed E-state index contributed by atoms with van der Waals surface area (Å²) in [6.45, 7) is -0.317. The Morgan fingerprint density at radius 1 is 0.919 bits per heavy atom. The molecule has 2 aromatic rings. The number of aryl methyl sites for hydroxylation is 1. The van der Waals surface area contributed by atoms with Gasteiger partial charge in [0, 0.05) is 12.7 Å². The molecule has 0 aliphatic carbocycles. The molecule has 5 N–H and O–H groups in total. The van der Waals surface area contributed by atoms with Gasteiger partial charge in [-0.3, -0.25) is 0 Å². The molecule has 4 rings (SSSR count). The molecular weight excluding hydrogens is 488 g/mol. The van der Waals surface area contributed by atoms with Gasteiger partial charge >= 0.3 is 0 Å². The van der Waals surface area contributed by atoms with Gasteiger partial charge in [0.1, 0.15) is 30.5 Å². The van der Waals surface area contributed by atoms with E-state index >= 15 is 0 Å². The van der Waals surface area contributed by atoms with Crippen LogP contribution in [0.25, 0.3) is 0 Å². The number of hydrogen-bond donors (Lipinski definition) is 5. The van der Waals surface area contributed by atoms with Crippen LogP contribution in [0, 0.1) is 0 Å². The summed E-state index contributed by atoms with van der Waals surface area (Å²) in [6.07, 6.45) is -6.30. The van der Waals surface area contributed by atoms with Gasteiger partial charge in [-0.2, -0.15) is 0 Å². The molecule has 1 fully saturated rings. The zero-order valence-electron chi connectivity index (χ0n) is 20.9. The zero-order chi connectivity index (χ0) is 26.7. The van der Waals surface area contributed by atoms with E-state index in [1.807, 2.05) is 12.1 Å². The molecule has 7 unspecified atom stereocenters. The summed E-state index contributed by atoms with van der Waals surface area (Å²) in [5.41, 5.74) is 2.54. The van der Waals surface area contributed by atoms with Gasteiger partial charge in [0.15, 0.2) is 35.4 Å². The van der Waals surface area contributed by atoms with Crippen molar-refractivity contribution in [2.45, 2.75) is 55.8 Å². The molecule has 2 aliphatic rings. The Balaban J connectivity index is 1.44. The Morgan fingerprint density at radius 3 is 2.35 bits per heavy atom. The fourth-order valence-electron chi connectivity index (χ4n) is 4.71. The minimum atomic E-state index is -1.48. The van der Waals surface area contributed by atoms with Crippen molar-refractivity contribution in [3.63, 3.8) is 0 Å². The summed E-state index contributed by atoms with van der Waals surface area (Å²) in [5, 5.41) is 49.2. The van der Waals surface area contributed by atoms with Gasteiger partial charge in [0.05, 0.1) is 27.4 Å². The number of fused-ring (bicyclic) bond motifs is 1. The van der Waals surface area contributed by atoms with Gasteiger partial charge < -0.3 is 54.0 Å². The number of ether oxygens (including phenoxy) is 6. The number of aromatic hydroxyl groups is 1. The molecule has 204 valence electrons. The van der Waals surface area contributed by atoms with Crippen LogP contribution in [0.5, 0.6) is 23.0 Å². The molecule has 0 amide bonds. The topological polar surface area (TPSA) is 157 Å². The molecule has 0 radical (unpaired) electrons. The number of rotatable bonds is 10. The van der Waals surface area contributed by atoms with Gasteiger partial charge in [0.25, 0.3) is 0 Å². The predicted octanol–water partition coefficient (Wildman–Crippen LogP) is 0.980. The van der Waals surface area contributed by atoms with E-state index in [0.717, 1.165) is 16.7 Å². The van der Waals surface area contributed by atoms with Crippen molar-refractivity contribution in [3.05, 3.63) is 47.0 Å². The summed E-state index contributed by atoms with van der Waals surface area (Å²) < 4.78 is 33.9. The standard InChI is InChI=1S/C26H34O11/c1-32-17-11-14(6-7-16(17)28)23-25(34-3)15-9-13(10-18(33-2)24(15)37-23)5-4-8-35-26-22(31)21(30)20(29)19(12-27)36-26/h6-7,9-11,19-23,25-31H,4-5,8,12H2,1-3H3. The molecule has 0 saturated carbocycles. The molecule has 37 heavy (non-hydrogen) atoms. The van der Waals surface area contributed by atoms with E-state index in [4.69, 9.17) is 28.4 Å². The van der Waals surface area contributed by atoms with E-state index in [9.17, 15) is 25.5 Å². The summed E-state index contributed by atoms with van der Waals surface area (Å²) in [7, 11) is 4.64. The monoisotopic (exact) mass is 522 g/mol. The largest absolute Gasteiger partial charge is 0.504 e. The maximum Gasteiger partial charge on any atom is 0.186 e. The van der Waals surface area contributed by atoms with Crippen LogP contribution >= 0.6 is 0 Å². The Hall–Kier alpha value is -2.64. The number of methoxy groups -OCH3 is 3. The Kier molecular flexibility index (Phi) is 8.75. The average Bonchev–Trinajstić information content (AvgIpc) is 3.29. The fourth-order valence-corrected chi connectivity index (χ4v) is 4.71. The van der Waals surface area contributed by atoms with E-state index in [1.54, 1.807) is 32.4 Å². The highest BCUT2D eigenvalue weighted by atomic mass is 16.7. The summed E-state index contributed by atoms with van der Waals surface area (Å²) >= 11 is 0. The molecule has 0 aromatic heterocycles. The maximum atomic E-state index is 10.1. The second-order valence-electron chi connectivity index (χ2n) is 9.01. The van der Waals surface area contributed by atoms with Crippen molar-refractivity contribution >= 4 is 0 Å². The van der Waals surface area contributed by atoms with Crippen molar-refractivity contribution in [2.75, 3.05) is 34.5 Å². The van der Waals surface area contributed by atoms with Crippen LogP contribution in [0.1, 0.15) is 35.3 Å². The molecule has 1 saturated heterocycles. The van der Waals surface area contributed by atoms with Crippen LogP contribution in [-0.2, 0) is 20.6 Å². The third-order valence-electron chi connectivity index (χ3n) is 6.72. The highest BCUT2D eigenvalue weighted by Gasteiger charge is 2.44. The van der Waals surface area contributed by atoms with Crippen molar-refractivity contribution < 1.29 is 54.0 Å². The summed E-state index contributed by atoms with van der Waals surface area (Å²) in [4.78, 5) is 0. The zero-order valence-corrected chi connectivity index (χ0v) is 20.9. The molecule has 11 heteroatoms. The van der Waals surface area contributed by atoms with E-state index in [-0.39, 0.29) is 12.4 Å². The summed E-state index contributed by atoms with van der Waals surface area (Å²) in [5.74, 6) is 1.49. The van der Waals surface area contributed by atoms with E-state index < -0.39 is 49.5 Å². The van der Waals surface area contributed by atoms with Gasteiger partial charge in [-0.1, -0.05) is 6.07 Å². The quantitative estimate of drug-likeness (QED) is 0.283. The maximum absolute atomic E-state index is 10.1. The van der Waals surface area contributed by atoms with E-state index in [2.05, 4.69) is 0 Å². The van der Waals surface area contributed by atoms with E-state index in [1.165, 1.54) is 7.11 Å². The van der Waals surface area contributed by atoms with Crippen molar-refractivity contribution in [2.24, 2.45) is 0 Å². The third kappa shape index (κ3) is 5.48. The molecular formula is C26H34O11. The van der Waals surface area contributed by atoms with Crippen LogP contribution in [-0.4, -0.2) is 90.8 Å². The van der Waals surface area contributed by atoms with Crippen LogP contribution < -0.4 is 14.2 Å². The SMILES string of the molecule is COc1cc(C2Oc3c(OC)cc(CCCOC4OC(CO)C(O)C(O)C4O)cc3C2OC)ccc1O. The lowest BCUT2D eigenvalue weighted by atomic mass is 9.97. The predicted molar refractivity (Wildman–Crippen MR) is 129 cm³/mol. The smallest absolute Gasteiger partial charge is 0.186 e. The second-order valence-corrected chi connectivity index (χ2v) is 9.01. The number of aliphatic hydroxyl groups excluding tert-OH is 4. The second kappa shape index (κ2) is 11.8. The first-order valence-electron chi connectivity index (χ1n) is 12.0. The van der Waals surface area contributed by atoms with Crippen molar-refractivity contribution in [1.82, 2.24) is 0 Å². The van der Waals surface area contributed by atoms with Crippen LogP contribution in [0.3, 0.4) is 0 Å². The van der Waals surface area contributed by atoms with E-state index in [0.29, 0.717) is 30.1 Å².